The van der Waals surface area contributed by atoms with E-state index in [-0.39, 0.29) is 6.04 Å². The SMILES string of the molecule is NCC(NS(=O)(=O)c1ccccc1)C1CC1. The molecule has 1 unspecified atom stereocenters. The van der Waals surface area contributed by atoms with Crippen LogP contribution in [0.15, 0.2) is 35.2 Å². The van der Waals surface area contributed by atoms with E-state index in [0.717, 1.165) is 12.8 Å². The van der Waals surface area contributed by atoms with E-state index in [2.05, 4.69) is 4.72 Å². The first-order valence-corrected chi connectivity index (χ1v) is 6.89. The van der Waals surface area contributed by atoms with Crippen molar-refractivity contribution in [2.24, 2.45) is 11.7 Å². The molecular formula is C11H16N2O2S. The molecule has 0 heterocycles. The molecule has 1 atom stereocenters. The van der Waals surface area contributed by atoms with Crippen LogP contribution in [0.25, 0.3) is 0 Å². The fourth-order valence-corrected chi connectivity index (χ4v) is 3.04. The molecule has 0 amide bonds. The summed E-state index contributed by atoms with van der Waals surface area (Å²) in [6, 6.07) is 8.27. The summed E-state index contributed by atoms with van der Waals surface area (Å²) in [6.07, 6.45) is 2.14. The summed E-state index contributed by atoms with van der Waals surface area (Å²) in [5.74, 6) is 0.420. The van der Waals surface area contributed by atoms with Gasteiger partial charge in [-0.25, -0.2) is 13.1 Å². The number of hydrogen-bond acceptors (Lipinski definition) is 3. The molecule has 0 radical (unpaired) electrons. The molecule has 1 aromatic rings. The molecule has 1 fully saturated rings. The lowest BCUT2D eigenvalue weighted by Crippen LogP contribution is -2.41. The standard InChI is InChI=1S/C11H16N2O2S/c12-8-11(9-6-7-9)13-16(14,15)10-4-2-1-3-5-10/h1-5,9,11,13H,6-8,12H2. The highest BCUT2D eigenvalue weighted by molar-refractivity contribution is 7.89. The van der Waals surface area contributed by atoms with Crippen molar-refractivity contribution in [3.05, 3.63) is 30.3 Å². The highest BCUT2D eigenvalue weighted by Gasteiger charge is 2.33. The summed E-state index contributed by atoms with van der Waals surface area (Å²) in [5.41, 5.74) is 5.57. The molecule has 5 heteroatoms. The van der Waals surface area contributed by atoms with Crippen molar-refractivity contribution in [2.75, 3.05) is 6.54 Å². The van der Waals surface area contributed by atoms with Crippen LogP contribution < -0.4 is 10.5 Å². The minimum atomic E-state index is -3.41. The van der Waals surface area contributed by atoms with Crippen LogP contribution in [-0.2, 0) is 10.0 Å². The number of sulfonamides is 1. The summed E-state index contributed by atoms with van der Waals surface area (Å²) in [6.45, 7) is 0.358. The van der Waals surface area contributed by atoms with E-state index in [9.17, 15) is 8.42 Å². The van der Waals surface area contributed by atoms with Gasteiger partial charge >= 0.3 is 0 Å². The van der Waals surface area contributed by atoms with Crippen molar-refractivity contribution in [1.29, 1.82) is 0 Å². The van der Waals surface area contributed by atoms with E-state index in [1.165, 1.54) is 0 Å². The van der Waals surface area contributed by atoms with Crippen LogP contribution in [0.4, 0.5) is 0 Å². The number of benzene rings is 1. The normalized spacial score (nSPS) is 18.3. The van der Waals surface area contributed by atoms with Crippen LogP contribution in [0.1, 0.15) is 12.8 Å². The second-order valence-electron chi connectivity index (χ2n) is 4.11. The van der Waals surface area contributed by atoms with Crippen molar-refractivity contribution < 1.29 is 8.42 Å². The van der Waals surface area contributed by atoms with Crippen LogP contribution in [0, 0.1) is 5.92 Å². The van der Waals surface area contributed by atoms with Crippen LogP contribution in [-0.4, -0.2) is 21.0 Å². The van der Waals surface area contributed by atoms with Gasteiger partial charge in [0.1, 0.15) is 0 Å². The molecule has 2 rings (SSSR count). The molecule has 1 aromatic carbocycles. The second-order valence-corrected chi connectivity index (χ2v) is 5.83. The van der Waals surface area contributed by atoms with Crippen LogP contribution in [0.5, 0.6) is 0 Å². The zero-order valence-electron chi connectivity index (χ0n) is 8.96. The molecule has 0 spiro atoms. The fourth-order valence-electron chi connectivity index (χ4n) is 1.70. The zero-order valence-corrected chi connectivity index (χ0v) is 9.78. The Kier molecular flexibility index (Phi) is 3.28. The highest BCUT2D eigenvalue weighted by Crippen LogP contribution is 2.32. The Morgan fingerprint density at radius 2 is 1.94 bits per heavy atom. The molecule has 16 heavy (non-hydrogen) atoms. The summed E-state index contributed by atoms with van der Waals surface area (Å²) in [4.78, 5) is 0.300. The monoisotopic (exact) mass is 240 g/mol. The zero-order chi connectivity index (χ0) is 11.6. The lowest BCUT2D eigenvalue weighted by Gasteiger charge is -2.15. The topological polar surface area (TPSA) is 72.2 Å². The Hall–Kier alpha value is -0.910. The molecule has 4 nitrogen and oxygen atoms in total. The first-order chi connectivity index (χ1) is 7.63. The minimum absolute atomic E-state index is 0.120. The fraction of sp³-hybridized carbons (Fsp3) is 0.455. The molecular weight excluding hydrogens is 224 g/mol. The van der Waals surface area contributed by atoms with E-state index in [0.29, 0.717) is 17.4 Å². The lowest BCUT2D eigenvalue weighted by atomic mass is 10.2. The Morgan fingerprint density at radius 1 is 1.31 bits per heavy atom. The summed E-state index contributed by atoms with van der Waals surface area (Å²) in [7, 11) is -3.41. The van der Waals surface area contributed by atoms with Crippen LogP contribution in [0.3, 0.4) is 0 Å². The largest absolute Gasteiger partial charge is 0.329 e. The van der Waals surface area contributed by atoms with Crippen molar-refractivity contribution in [3.63, 3.8) is 0 Å². The Balaban J connectivity index is 2.13. The predicted octanol–water partition coefficient (Wildman–Crippen LogP) is 0.702. The predicted molar refractivity (Wildman–Crippen MR) is 62.3 cm³/mol. The third-order valence-electron chi connectivity index (χ3n) is 2.81. The molecule has 1 aliphatic rings. The van der Waals surface area contributed by atoms with Gasteiger partial charge in [0.2, 0.25) is 10.0 Å². The van der Waals surface area contributed by atoms with Gasteiger partial charge in [-0.1, -0.05) is 18.2 Å². The molecule has 0 bridgehead atoms. The lowest BCUT2D eigenvalue weighted by molar-refractivity contribution is 0.519. The number of nitrogens with one attached hydrogen (secondary N) is 1. The van der Waals surface area contributed by atoms with E-state index < -0.39 is 10.0 Å². The quantitative estimate of drug-likeness (QED) is 0.796. The smallest absolute Gasteiger partial charge is 0.240 e. The maximum atomic E-state index is 12.0. The average molecular weight is 240 g/mol. The van der Waals surface area contributed by atoms with Gasteiger partial charge < -0.3 is 5.73 Å². The first kappa shape index (κ1) is 11.6. The van der Waals surface area contributed by atoms with Gasteiger partial charge in [-0.05, 0) is 30.9 Å². The molecule has 0 aliphatic heterocycles. The van der Waals surface area contributed by atoms with Crippen LogP contribution >= 0.6 is 0 Å². The van der Waals surface area contributed by atoms with Gasteiger partial charge in [0.25, 0.3) is 0 Å². The van der Waals surface area contributed by atoms with Crippen molar-refractivity contribution in [1.82, 2.24) is 4.72 Å². The number of nitrogens with two attached hydrogens (primary N) is 1. The highest BCUT2D eigenvalue weighted by atomic mass is 32.2. The third kappa shape index (κ3) is 2.61. The van der Waals surface area contributed by atoms with E-state index in [1.54, 1.807) is 30.3 Å². The summed E-state index contributed by atoms with van der Waals surface area (Å²) >= 11 is 0. The second kappa shape index (κ2) is 4.53. The van der Waals surface area contributed by atoms with Gasteiger partial charge in [0, 0.05) is 12.6 Å². The van der Waals surface area contributed by atoms with Gasteiger partial charge in [-0.15, -0.1) is 0 Å². The molecule has 88 valence electrons. The van der Waals surface area contributed by atoms with Crippen molar-refractivity contribution in [2.45, 2.75) is 23.8 Å². The maximum Gasteiger partial charge on any atom is 0.240 e. The molecule has 3 N–H and O–H groups in total. The maximum absolute atomic E-state index is 12.0. The van der Waals surface area contributed by atoms with E-state index in [4.69, 9.17) is 5.73 Å². The average Bonchev–Trinajstić information content (AvgIpc) is 3.11. The summed E-state index contributed by atoms with van der Waals surface area (Å²) in [5, 5.41) is 0. The van der Waals surface area contributed by atoms with Crippen LogP contribution in [0.2, 0.25) is 0 Å². The third-order valence-corrected chi connectivity index (χ3v) is 4.31. The Labute approximate surface area is 95.9 Å². The number of hydrogen-bond donors (Lipinski definition) is 2. The van der Waals surface area contributed by atoms with E-state index in [1.807, 2.05) is 0 Å². The Bertz CT molecular complexity index is 440. The van der Waals surface area contributed by atoms with E-state index >= 15 is 0 Å². The van der Waals surface area contributed by atoms with Gasteiger partial charge in [-0.3, -0.25) is 0 Å². The van der Waals surface area contributed by atoms with Gasteiger partial charge in [0.05, 0.1) is 4.90 Å². The van der Waals surface area contributed by atoms with Crippen molar-refractivity contribution in [3.8, 4) is 0 Å². The van der Waals surface area contributed by atoms with Crippen molar-refractivity contribution >= 4 is 10.0 Å². The minimum Gasteiger partial charge on any atom is -0.329 e. The first-order valence-electron chi connectivity index (χ1n) is 5.41. The molecule has 0 saturated heterocycles. The Morgan fingerprint density at radius 3 is 2.44 bits per heavy atom. The summed E-state index contributed by atoms with van der Waals surface area (Å²) < 4.78 is 26.6. The number of rotatable bonds is 5. The molecule has 0 aromatic heterocycles. The molecule has 1 saturated carbocycles. The molecule has 1 aliphatic carbocycles. The van der Waals surface area contributed by atoms with Gasteiger partial charge in [-0.2, -0.15) is 0 Å². The van der Waals surface area contributed by atoms with Gasteiger partial charge in [0.15, 0.2) is 0 Å².